The molecular formula is C11H16N2O. The summed E-state index contributed by atoms with van der Waals surface area (Å²) in [6.45, 7) is 5.93. The van der Waals surface area contributed by atoms with Gasteiger partial charge in [-0.3, -0.25) is 10.2 Å². The van der Waals surface area contributed by atoms with Gasteiger partial charge >= 0.3 is 0 Å². The molecule has 1 aromatic carbocycles. The second-order valence-electron chi connectivity index (χ2n) is 3.48. The minimum Gasteiger partial charge on any atom is -0.288 e. The molecule has 0 aliphatic rings. The van der Waals surface area contributed by atoms with Crippen LogP contribution in [0, 0.1) is 20.8 Å². The Kier molecular flexibility index (Phi) is 3.25. The molecular weight excluding hydrogens is 176 g/mol. The van der Waals surface area contributed by atoms with Crippen molar-refractivity contribution in [3.63, 3.8) is 0 Å². The zero-order valence-corrected chi connectivity index (χ0v) is 9.06. The average molecular weight is 192 g/mol. The van der Waals surface area contributed by atoms with Crippen molar-refractivity contribution in [2.24, 2.45) is 0 Å². The molecule has 2 N–H and O–H groups in total. The van der Waals surface area contributed by atoms with Gasteiger partial charge in [-0.05, 0) is 31.9 Å². The summed E-state index contributed by atoms with van der Waals surface area (Å²) in [5.74, 6) is -0.0810. The average Bonchev–Trinajstić information content (AvgIpc) is 2.01. The molecule has 0 atom stereocenters. The standard InChI is InChI=1S/C11H16N2O/c1-7-5-8(2)10(9(3)6-7)11(14)13-12-4/h5-6,12H,1-4H3,(H,13,14). The van der Waals surface area contributed by atoms with Gasteiger partial charge in [-0.1, -0.05) is 17.7 Å². The molecule has 76 valence electrons. The summed E-state index contributed by atoms with van der Waals surface area (Å²) < 4.78 is 0. The van der Waals surface area contributed by atoms with Crippen LogP contribution in [0.3, 0.4) is 0 Å². The van der Waals surface area contributed by atoms with Crippen LogP contribution < -0.4 is 10.9 Å². The number of hydrazine groups is 1. The Balaban J connectivity index is 3.14. The smallest absolute Gasteiger partial charge is 0.265 e. The molecule has 0 aliphatic heterocycles. The maximum atomic E-state index is 11.6. The molecule has 0 aromatic heterocycles. The molecule has 0 bridgehead atoms. The second-order valence-corrected chi connectivity index (χ2v) is 3.48. The largest absolute Gasteiger partial charge is 0.288 e. The van der Waals surface area contributed by atoms with Gasteiger partial charge < -0.3 is 0 Å². The molecule has 0 unspecified atom stereocenters. The Bertz CT molecular complexity index is 335. The quantitative estimate of drug-likeness (QED) is 0.697. The van der Waals surface area contributed by atoms with E-state index < -0.39 is 0 Å². The molecule has 0 saturated carbocycles. The number of hydrogen-bond acceptors (Lipinski definition) is 2. The van der Waals surface area contributed by atoms with E-state index in [-0.39, 0.29) is 5.91 Å². The van der Waals surface area contributed by atoms with Crippen molar-refractivity contribution in [2.75, 3.05) is 7.05 Å². The Hall–Kier alpha value is -1.35. The monoisotopic (exact) mass is 192 g/mol. The van der Waals surface area contributed by atoms with Crippen LogP contribution in [0.2, 0.25) is 0 Å². The summed E-state index contributed by atoms with van der Waals surface area (Å²) >= 11 is 0. The number of nitrogens with one attached hydrogen (secondary N) is 2. The highest BCUT2D eigenvalue weighted by atomic mass is 16.2. The van der Waals surface area contributed by atoms with E-state index in [1.807, 2.05) is 32.9 Å². The van der Waals surface area contributed by atoms with Gasteiger partial charge in [-0.2, -0.15) is 0 Å². The van der Waals surface area contributed by atoms with Crippen molar-refractivity contribution in [3.8, 4) is 0 Å². The van der Waals surface area contributed by atoms with Crippen LogP contribution in [0.5, 0.6) is 0 Å². The lowest BCUT2D eigenvalue weighted by Crippen LogP contribution is -2.35. The maximum absolute atomic E-state index is 11.6. The first-order valence-corrected chi connectivity index (χ1v) is 4.61. The van der Waals surface area contributed by atoms with Crippen LogP contribution in [0.1, 0.15) is 27.0 Å². The highest BCUT2D eigenvalue weighted by Gasteiger charge is 2.11. The van der Waals surface area contributed by atoms with Gasteiger partial charge in [0.2, 0.25) is 0 Å². The Morgan fingerprint density at radius 2 is 1.64 bits per heavy atom. The van der Waals surface area contributed by atoms with Crippen LogP contribution in [0.25, 0.3) is 0 Å². The van der Waals surface area contributed by atoms with Gasteiger partial charge in [0.05, 0.1) is 0 Å². The molecule has 1 rings (SSSR count). The van der Waals surface area contributed by atoms with Crippen molar-refractivity contribution in [1.29, 1.82) is 0 Å². The van der Waals surface area contributed by atoms with Crippen molar-refractivity contribution in [1.82, 2.24) is 10.9 Å². The highest BCUT2D eigenvalue weighted by Crippen LogP contribution is 2.15. The fraction of sp³-hybridized carbons (Fsp3) is 0.364. The summed E-state index contributed by atoms with van der Waals surface area (Å²) in [5.41, 5.74) is 9.16. The van der Waals surface area contributed by atoms with Crippen LogP contribution in [0.4, 0.5) is 0 Å². The van der Waals surface area contributed by atoms with E-state index in [2.05, 4.69) is 10.9 Å². The van der Waals surface area contributed by atoms with Crippen molar-refractivity contribution >= 4 is 5.91 Å². The fourth-order valence-electron chi connectivity index (χ4n) is 1.71. The first-order valence-electron chi connectivity index (χ1n) is 4.61. The van der Waals surface area contributed by atoms with Crippen LogP contribution >= 0.6 is 0 Å². The van der Waals surface area contributed by atoms with Gasteiger partial charge in [0, 0.05) is 12.6 Å². The maximum Gasteiger partial charge on any atom is 0.265 e. The number of hydrogen-bond donors (Lipinski definition) is 2. The molecule has 0 spiro atoms. The minimum atomic E-state index is -0.0810. The first kappa shape index (κ1) is 10.7. The van der Waals surface area contributed by atoms with E-state index in [4.69, 9.17) is 0 Å². The van der Waals surface area contributed by atoms with E-state index in [0.717, 1.165) is 16.7 Å². The third-order valence-corrected chi connectivity index (χ3v) is 2.14. The second kappa shape index (κ2) is 4.24. The van der Waals surface area contributed by atoms with E-state index in [9.17, 15) is 4.79 Å². The van der Waals surface area contributed by atoms with Crippen molar-refractivity contribution < 1.29 is 4.79 Å². The van der Waals surface area contributed by atoms with E-state index >= 15 is 0 Å². The van der Waals surface area contributed by atoms with Gasteiger partial charge in [0.15, 0.2) is 0 Å². The van der Waals surface area contributed by atoms with Gasteiger partial charge in [0.25, 0.3) is 5.91 Å². The Morgan fingerprint density at radius 1 is 1.14 bits per heavy atom. The molecule has 1 aromatic rings. The molecule has 3 nitrogen and oxygen atoms in total. The Labute approximate surface area is 84.5 Å². The van der Waals surface area contributed by atoms with E-state index in [0.29, 0.717) is 0 Å². The summed E-state index contributed by atoms with van der Waals surface area (Å²) in [4.78, 5) is 11.6. The van der Waals surface area contributed by atoms with Crippen LogP contribution in [0.15, 0.2) is 12.1 Å². The predicted molar refractivity (Wildman–Crippen MR) is 57.2 cm³/mol. The number of benzene rings is 1. The van der Waals surface area contributed by atoms with Crippen molar-refractivity contribution in [3.05, 3.63) is 34.4 Å². The Morgan fingerprint density at radius 3 is 2.07 bits per heavy atom. The lowest BCUT2D eigenvalue weighted by Gasteiger charge is -2.10. The summed E-state index contributed by atoms with van der Waals surface area (Å²) in [5, 5.41) is 0. The molecule has 0 heterocycles. The number of aryl methyl sites for hydroxylation is 3. The third kappa shape index (κ3) is 2.12. The summed E-state index contributed by atoms with van der Waals surface area (Å²) in [7, 11) is 1.68. The van der Waals surface area contributed by atoms with Crippen molar-refractivity contribution in [2.45, 2.75) is 20.8 Å². The topological polar surface area (TPSA) is 41.1 Å². The molecule has 0 aliphatic carbocycles. The minimum absolute atomic E-state index is 0.0810. The fourth-order valence-corrected chi connectivity index (χ4v) is 1.71. The predicted octanol–water partition coefficient (Wildman–Crippen LogP) is 1.48. The SMILES string of the molecule is CNNC(=O)c1c(C)cc(C)cc1C. The zero-order valence-electron chi connectivity index (χ0n) is 9.06. The number of carbonyl (C=O) groups is 1. The first-order chi connectivity index (χ1) is 6.56. The zero-order chi connectivity index (χ0) is 10.7. The van der Waals surface area contributed by atoms with Gasteiger partial charge in [-0.25, -0.2) is 5.43 Å². The lowest BCUT2D eigenvalue weighted by molar-refractivity contribution is 0.0937. The number of rotatable bonds is 2. The molecule has 0 saturated heterocycles. The van der Waals surface area contributed by atoms with E-state index in [1.165, 1.54) is 5.56 Å². The molecule has 3 heteroatoms. The summed E-state index contributed by atoms with van der Waals surface area (Å²) in [6, 6.07) is 4.02. The molecule has 0 fully saturated rings. The van der Waals surface area contributed by atoms with Crippen LogP contribution in [-0.4, -0.2) is 13.0 Å². The van der Waals surface area contributed by atoms with Crippen LogP contribution in [-0.2, 0) is 0 Å². The molecule has 1 amide bonds. The normalized spacial score (nSPS) is 10.0. The number of amides is 1. The highest BCUT2D eigenvalue weighted by molar-refractivity contribution is 5.96. The third-order valence-electron chi connectivity index (χ3n) is 2.14. The van der Waals surface area contributed by atoms with E-state index in [1.54, 1.807) is 7.05 Å². The molecule has 14 heavy (non-hydrogen) atoms. The lowest BCUT2D eigenvalue weighted by atomic mass is 9.99. The summed E-state index contributed by atoms with van der Waals surface area (Å²) in [6.07, 6.45) is 0. The van der Waals surface area contributed by atoms with Gasteiger partial charge in [0.1, 0.15) is 0 Å². The van der Waals surface area contributed by atoms with Gasteiger partial charge in [-0.15, -0.1) is 0 Å². The molecule has 0 radical (unpaired) electrons. The number of carbonyl (C=O) groups excluding carboxylic acids is 1.